The monoisotopic (exact) mass is 339 g/mol. The maximum Gasteiger partial charge on any atom is 0.434 e. The number of aryl methyl sites for hydroxylation is 3. The molecule has 1 aliphatic heterocycles. The van der Waals surface area contributed by atoms with Crippen molar-refractivity contribution in [3.05, 3.63) is 46.3 Å². The van der Waals surface area contributed by atoms with Crippen molar-refractivity contribution in [2.45, 2.75) is 34.6 Å². The summed E-state index contributed by atoms with van der Waals surface area (Å²) < 4.78 is 10.6. The summed E-state index contributed by atoms with van der Waals surface area (Å²) in [5.41, 5.74) is 6.71. The second-order valence-corrected chi connectivity index (χ2v) is 6.15. The third-order valence-corrected chi connectivity index (χ3v) is 4.08. The van der Waals surface area contributed by atoms with E-state index in [0.29, 0.717) is 5.76 Å². The van der Waals surface area contributed by atoms with Crippen molar-refractivity contribution in [1.29, 1.82) is 0 Å². The van der Waals surface area contributed by atoms with Crippen LogP contribution in [0.1, 0.15) is 41.9 Å². The topological polar surface area (TPSA) is 67.9 Å². The number of ether oxygens (including phenoxy) is 1. The lowest BCUT2D eigenvalue weighted by Crippen LogP contribution is -2.21. The molecular formula is C19H21N3O3. The second-order valence-electron chi connectivity index (χ2n) is 6.15. The van der Waals surface area contributed by atoms with Crippen molar-refractivity contribution in [3.63, 3.8) is 0 Å². The zero-order valence-corrected chi connectivity index (χ0v) is 15.1. The van der Waals surface area contributed by atoms with E-state index >= 15 is 0 Å². The minimum Gasteiger partial charge on any atom is -0.448 e. The van der Waals surface area contributed by atoms with Gasteiger partial charge in [0.25, 0.3) is 0 Å². The van der Waals surface area contributed by atoms with Crippen molar-refractivity contribution in [2.24, 2.45) is 5.10 Å². The lowest BCUT2D eigenvalue weighted by Gasteiger charge is -2.11. The number of hydrogen-bond donors (Lipinski definition) is 0. The number of hydrogen-bond acceptors (Lipinski definition) is 5. The molecule has 2 aromatic rings. The van der Waals surface area contributed by atoms with Gasteiger partial charge in [-0.1, -0.05) is 22.9 Å². The number of amides is 1. The lowest BCUT2D eigenvalue weighted by molar-refractivity contribution is 0.123. The van der Waals surface area contributed by atoms with Gasteiger partial charge >= 0.3 is 6.09 Å². The molecule has 0 saturated carbocycles. The molecule has 0 saturated heterocycles. The Bertz CT molecular complexity index is 870. The Hall–Kier alpha value is -2.89. The molecule has 0 unspecified atom stereocenters. The van der Waals surface area contributed by atoms with E-state index in [1.54, 1.807) is 19.3 Å². The number of carbonyl (C=O) groups excluding carboxylic acids is 1. The summed E-state index contributed by atoms with van der Waals surface area (Å²) in [5, 5.41) is 9.68. The van der Waals surface area contributed by atoms with Gasteiger partial charge in [-0.25, -0.2) is 4.79 Å². The second kappa shape index (κ2) is 6.55. The fraction of sp³-hybridized carbons (Fsp3) is 0.316. The lowest BCUT2D eigenvalue weighted by atomic mass is 9.94. The molecule has 1 aromatic carbocycles. The van der Waals surface area contributed by atoms with E-state index in [1.165, 1.54) is 10.6 Å². The summed E-state index contributed by atoms with van der Waals surface area (Å²) >= 11 is 0. The summed E-state index contributed by atoms with van der Waals surface area (Å²) in [6.45, 7) is 10.1. The number of aromatic nitrogens is 1. The number of benzene rings is 1. The summed E-state index contributed by atoms with van der Waals surface area (Å²) in [5.74, 6) is 0.602. The Balaban J connectivity index is 2.10. The molecule has 6 heteroatoms. The van der Waals surface area contributed by atoms with Crippen LogP contribution in [0.25, 0.3) is 16.8 Å². The molecule has 0 radical (unpaired) electrons. The van der Waals surface area contributed by atoms with Crippen LogP contribution >= 0.6 is 0 Å². The van der Waals surface area contributed by atoms with E-state index in [-0.39, 0.29) is 6.61 Å². The molecule has 3 rings (SSSR count). The molecule has 1 aromatic heterocycles. The van der Waals surface area contributed by atoms with Gasteiger partial charge in [-0.3, -0.25) is 0 Å². The van der Waals surface area contributed by atoms with Gasteiger partial charge < -0.3 is 9.26 Å². The summed E-state index contributed by atoms with van der Waals surface area (Å²) in [6, 6.07) is 4.23. The molecule has 0 atom stereocenters. The smallest absolute Gasteiger partial charge is 0.434 e. The van der Waals surface area contributed by atoms with E-state index in [4.69, 9.17) is 9.26 Å². The molecule has 130 valence electrons. The zero-order chi connectivity index (χ0) is 18.1. The van der Waals surface area contributed by atoms with Crippen molar-refractivity contribution < 1.29 is 14.1 Å². The van der Waals surface area contributed by atoms with Crippen LogP contribution in [0.5, 0.6) is 0 Å². The highest BCUT2D eigenvalue weighted by Gasteiger charge is 2.24. The van der Waals surface area contributed by atoms with Crippen LogP contribution in [-0.4, -0.2) is 29.1 Å². The average Bonchev–Trinajstić information content (AvgIpc) is 2.86. The zero-order valence-electron chi connectivity index (χ0n) is 15.1. The highest BCUT2D eigenvalue weighted by atomic mass is 16.6. The van der Waals surface area contributed by atoms with Gasteiger partial charge in [0.15, 0.2) is 5.76 Å². The van der Waals surface area contributed by atoms with Gasteiger partial charge in [0.05, 0.1) is 18.4 Å². The summed E-state index contributed by atoms with van der Waals surface area (Å²) in [4.78, 5) is 12.0. The molecule has 0 aliphatic carbocycles. The van der Waals surface area contributed by atoms with Gasteiger partial charge in [-0.2, -0.15) is 10.1 Å². The Morgan fingerprint density at radius 3 is 2.52 bits per heavy atom. The van der Waals surface area contributed by atoms with E-state index < -0.39 is 6.09 Å². The van der Waals surface area contributed by atoms with Crippen molar-refractivity contribution >= 4 is 17.9 Å². The maximum atomic E-state index is 12.0. The van der Waals surface area contributed by atoms with Crippen LogP contribution in [0, 0.1) is 20.8 Å². The predicted molar refractivity (Wildman–Crippen MR) is 96.3 cm³/mol. The minimum atomic E-state index is -0.527. The number of carbonyl (C=O) groups is 1. The highest BCUT2D eigenvalue weighted by molar-refractivity contribution is 5.96. The highest BCUT2D eigenvalue weighted by Crippen LogP contribution is 2.34. The van der Waals surface area contributed by atoms with Crippen molar-refractivity contribution in [3.8, 4) is 11.3 Å². The van der Waals surface area contributed by atoms with E-state index in [9.17, 15) is 4.79 Å². The SMILES string of the molecule is CCOC(=O)N1C=C(C)c2onc(-c3c(C)cc(C)cc3C)c2C=N1. The van der Waals surface area contributed by atoms with Crippen LogP contribution in [0.3, 0.4) is 0 Å². The first-order valence-electron chi connectivity index (χ1n) is 8.19. The molecule has 0 fully saturated rings. The minimum absolute atomic E-state index is 0.288. The number of rotatable bonds is 2. The first-order chi connectivity index (χ1) is 11.9. The predicted octanol–water partition coefficient (Wildman–Crippen LogP) is 4.43. The molecule has 1 aliphatic rings. The fourth-order valence-electron chi connectivity index (χ4n) is 3.12. The number of hydrazone groups is 1. The van der Waals surface area contributed by atoms with Crippen molar-refractivity contribution in [2.75, 3.05) is 6.61 Å². The Labute approximate surface area is 146 Å². The van der Waals surface area contributed by atoms with E-state index in [0.717, 1.165) is 33.5 Å². The van der Waals surface area contributed by atoms with Crippen LogP contribution < -0.4 is 0 Å². The number of nitrogens with zero attached hydrogens (tertiary/aromatic N) is 3. The van der Waals surface area contributed by atoms with Crippen LogP contribution in [0.2, 0.25) is 0 Å². The largest absolute Gasteiger partial charge is 0.448 e. The third-order valence-electron chi connectivity index (χ3n) is 4.08. The van der Waals surface area contributed by atoms with Crippen molar-refractivity contribution in [1.82, 2.24) is 10.2 Å². The van der Waals surface area contributed by atoms with Gasteiger partial charge in [0.2, 0.25) is 0 Å². The fourth-order valence-corrected chi connectivity index (χ4v) is 3.12. The molecule has 1 amide bonds. The van der Waals surface area contributed by atoms with Gasteiger partial charge in [-0.15, -0.1) is 0 Å². The van der Waals surface area contributed by atoms with E-state index in [2.05, 4.69) is 43.2 Å². The van der Waals surface area contributed by atoms with Crippen LogP contribution in [0.15, 0.2) is 28.0 Å². The molecule has 25 heavy (non-hydrogen) atoms. The Morgan fingerprint density at radius 1 is 1.20 bits per heavy atom. The number of allylic oxidation sites excluding steroid dienone is 1. The quantitative estimate of drug-likeness (QED) is 0.811. The molecular weight excluding hydrogens is 318 g/mol. The molecule has 6 nitrogen and oxygen atoms in total. The Kier molecular flexibility index (Phi) is 4.44. The van der Waals surface area contributed by atoms with Crippen LogP contribution in [0.4, 0.5) is 4.79 Å². The first kappa shape index (κ1) is 17.0. The summed E-state index contributed by atoms with van der Waals surface area (Å²) in [7, 11) is 0. The molecule has 2 heterocycles. The molecule has 0 bridgehead atoms. The Morgan fingerprint density at radius 2 is 1.88 bits per heavy atom. The first-order valence-corrected chi connectivity index (χ1v) is 8.19. The van der Waals surface area contributed by atoms with Gasteiger partial charge in [-0.05, 0) is 45.7 Å². The van der Waals surface area contributed by atoms with Gasteiger partial charge in [0, 0.05) is 17.3 Å². The summed E-state index contributed by atoms with van der Waals surface area (Å²) in [6.07, 6.45) is 2.66. The van der Waals surface area contributed by atoms with Crippen LogP contribution in [-0.2, 0) is 4.74 Å². The average molecular weight is 339 g/mol. The maximum absolute atomic E-state index is 12.0. The number of fused-ring (bicyclic) bond motifs is 1. The third kappa shape index (κ3) is 3.07. The molecule has 0 N–H and O–H groups in total. The van der Waals surface area contributed by atoms with E-state index in [1.807, 2.05) is 6.92 Å². The van der Waals surface area contributed by atoms with Gasteiger partial charge in [0.1, 0.15) is 5.69 Å². The molecule has 0 spiro atoms. The normalized spacial score (nSPS) is 13.3. The standard InChI is InChI=1S/C19H21N3O3/c1-6-24-19(23)22-10-14(5)18-15(9-20-22)17(21-25-18)16-12(3)7-11(2)8-13(16)4/h7-10H,6H2,1-5H3.